The summed E-state index contributed by atoms with van der Waals surface area (Å²) in [6, 6.07) is 11.2. The van der Waals surface area contributed by atoms with Crippen LogP contribution in [0.15, 0.2) is 51.9 Å². The van der Waals surface area contributed by atoms with Gasteiger partial charge in [0.25, 0.3) is 0 Å². The van der Waals surface area contributed by atoms with Gasteiger partial charge in [0.2, 0.25) is 4.80 Å². The molecule has 0 aliphatic carbocycles. The van der Waals surface area contributed by atoms with Gasteiger partial charge in [-0.2, -0.15) is 5.10 Å². The van der Waals surface area contributed by atoms with Crippen molar-refractivity contribution in [3.8, 4) is 22.8 Å². The number of benzene rings is 2. The first-order valence-electron chi connectivity index (χ1n) is 8.74. The molecule has 5 nitrogen and oxygen atoms in total. The van der Waals surface area contributed by atoms with Gasteiger partial charge in [0, 0.05) is 22.5 Å². The fourth-order valence-electron chi connectivity index (χ4n) is 2.59. The Morgan fingerprint density at radius 1 is 1.07 bits per heavy atom. The molecule has 0 amide bonds. The van der Waals surface area contributed by atoms with Crippen LogP contribution in [0, 0.1) is 13.8 Å². The number of nitrogens with zero attached hydrogens (tertiary/aromatic N) is 3. The van der Waals surface area contributed by atoms with Gasteiger partial charge in [-0.15, -0.1) is 11.3 Å². The molecule has 3 aromatic rings. The van der Waals surface area contributed by atoms with Crippen LogP contribution in [0.5, 0.6) is 11.5 Å². The molecule has 6 heteroatoms. The van der Waals surface area contributed by atoms with Gasteiger partial charge < -0.3 is 10.2 Å². The fourth-order valence-corrected chi connectivity index (χ4v) is 3.56. The Balaban J connectivity index is 2.14. The fraction of sp³-hybridized carbons (Fsp3) is 0.238. The summed E-state index contributed by atoms with van der Waals surface area (Å²) in [5, 5.41) is 26.3. The summed E-state index contributed by atoms with van der Waals surface area (Å²) < 4.78 is 1.78. The Kier molecular flexibility index (Phi) is 5.46. The Morgan fingerprint density at radius 2 is 1.85 bits per heavy atom. The lowest BCUT2D eigenvalue weighted by molar-refractivity contribution is 0.403. The van der Waals surface area contributed by atoms with Crippen molar-refractivity contribution < 1.29 is 10.2 Å². The molecule has 0 unspecified atom stereocenters. The molecule has 0 saturated carbocycles. The van der Waals surface area contributed by atoms with Crippen molar-refractivity contribution in [2.45, 2.75) is 33.7 Å². The van der Waals surface area contributed by atoms with Crippen molar-refractivity contribution >= 4 is 17.6 Å². The monoisotopic (exact) mass is 381 g/mol. The van der Waals surface area contributed by atoms with E-state index in [1.54, 1.807) is 16.8 Å². The minimum Gasteiger partial charge on any atom is -0.504 e. The number of para-hydroxylation sites is 1. The Morgan fingerprint density at radius 3 is 2.56 bits per heavy atom. The summed E-state index contributed by atoms with van der Waals surface area (Å²) in [4.78, 5) is 5.43. The van der Waals surface area contributed by atoms with Gasteiger partial charge in [0.15, 0.2) is 11.5 Å². The van der Waals surface area contributed by atoms with Crippen molar-refractivity contribution in [1.29, 1.82) is 0 Å². The van der Waals surface area contributed by atoms with Crippen LogP contribution in [-0.4, -0.2) is 27.1 Å². The zero-order valence-electron chi connectivity index (χ0n) is 15.8. The van der Waals surface area contributed by atoms with E-state index >= 15 is 0 Å². The summed E-state index contributed by atoms with van der Waals surface area (Å²) in [6.07, 6.45) is 1.53. The highest BCUT2D eigenvalue weighted by Gasteiger charge is 2.10. The van der Waals surface area contributed by atoms with Crippen LogP contribution in [0.1, 0.15) is 30.5 Å². The minimum atomic E-state index is -0.188. The highest BCUT2D eigenvalue weighted by atomic mass is 32.1. The smallest absolute Gasteiger partial charge is 0.206 e. The average molecular weight is 382 g/mol. The Bertz CT molecular complexity index is 1060. The van der Waals surface area contributed by atoms with Crippen LogP contribution in [0.2, 0.25) is 0 Å². The first-order chi connectivity index (χ1) is 12.9. The first-order valence-corrected chi connectivity index (χ1v) is 9.62. The third-order valence-electron chi connectivity index (χ3n) is 4.21. The number of phenols is 2. The second-order valence-electron chi connectivity index (χ2n) is 6.70. The van der Waals surface area contributed by atoms with E-state index in [1.807, 2.05) is 19.2 Å². The number of aryl methyl sites for hydroxylation is 2. The zero-order valence-corrected chi connectivity index (χ0v) is 16.7. The molecule has 0 saturated heterocycles. The maximum Gasteiger partial charge on any atom is 0.206 e. The predicted molar refractivity (Wildman–Crippen MR) is 111 cm³/mol. The molecule has 0 radical (unpaired) electrons. The van der Waals surface area contributed by atoms with Gasteiger partial charge in [0.05, 0.1) is 11.9 Å². The average Bonchev–Trinajstić information content (AvgIpc) is 3.00. The number of aromatic hydroxyl groups is 2. The molecule has 2 N–H and O–H groups in total. The third-order valence-corrected chi connectivity index (χ3v) is 5.05. The topological polar surface area (TPSA) is 70.1 Å². The molecule has 27 heavy (non-hydrogen) atoms. The maximum atomic E-state index is 10.0. The number of hydrogen-bond donors (Lipinski definition) is 2. The third kappa shape index (κ3) is 4.11. The van der Waals surface area contributed by atoms with Crippen molar-refractivity contribution in [3.05, 3.63) is 63.3 Å². The molecule has 3 rings (SSSR count). The van der Waals surface area contributed by atoms with E-state index in [-0.39, 0.29) is 17.5 Å². The van der Waals surface area contributed by atoms with E-state index in [1.165, 1.54) is 34.7 Å². The molecule has 140 valence electrons. The van der Waals surface area contributed by atoms with Crippen molar-refractivity contribution in [2.24, 2.45) is 10.1 Å². The SMILES string of the molecule is Cc1ccc(-c2csc(=NC(C)C)n2N=Cc2cccc(O)c2O)cc1C. The van der Waals surface area contributed by atoms with Gasteiger partial charge in [-0.05, 0) is 57.0 Å². The first kappa shape index (κ1) is 18.9. The molecule has 1 heterocycles. The Labute approximate surface area is 162 Å². The summed E-state index contributed by atoms with van der Waals surface area (Å²) in [7, 11) is 0. The lowest BCUT2D eigenvalue weighted by Crippen LogP contribution is -2.14. The molecular weight excluding hydrogens is 358 g/mol. The molecule has 0 aliphatic heterocycles. The highest BCUT2D eigenvalue weighted by Crippen LogP contribution is 2.27. The number of phenolic OH excluding ortho intramolecular Hbond substituents is 2. The number of hydrogen-bond acceptors (Lipinski definition) is 5. The summed E-state index contributed by atoms with van der Waals surface area (Å²) in [6.45, 7) is 8.21. The Hall–Kier alpha value is -2.86. The van der Waals surface area contributed by atoms with Crippen LogP contribution in [0.4, 0.5) is 0 Å². The van der Waals surface area contributed by atoms with Gasteiger partial charge in [-0.1, -0.05) is 18.2 Å². The number of rotatable bonds is 4. The quantitative estimate of drug-likeness (QED) is 0.518. The lowest BCUT2D eigenvalue weighted by atomic mass is 10.1. The standard InChI is InChI=1S/C21H23N3O2S/c1-13(2)23-21-24(22-11-17-6-5-7-19(25)20(17)26)18(12-27-21)16-9-8-14(3)15(4)10-16/h5-13,25-26H,1-4H3. The zero-order chi connectivity index (χ0) is 19.6. The molecule has 0 bridgehead atoms. The molecule has 2 aromatic carbocycles. The van der Waals surface area contributed by atoms with Crippen molar-refractivity contribution in [3.63, 3.8) is 0 Å². The summed E-state index contributed by atoms with van der Waals surface area (Å²) >= 11 is 1.52. The molecule has 0 spiro atoms. The van der Waals surface area contributed by atoms with Gasteiger partial charge >= 0.3 is 0 Å². The molecule has 1 aromatic heterocycles. The van der Waals surface area contributed by atoms with Crippen LogP contribution < -0.4 is 4.80 Å². The summed E-state index contributed by atoms with van der Waals surface area (Å²) in [5.74, 6) is -0.358. The second-order valence-corrected chi connectivity index (χ2v) is 7.53. The van der Waals surface area contributed by atoms with Gasteiger partial charge in [0.1, 0.15) is 0 Å². The van der Waals surface area contributed by atoms with Crippen molar-refractivity contribution in [1.82, 2.24) is 4.68 Å². The number of aromatic nitrogens is 1. The van der Waals surface area contributed by atoms with Gasteiger partial charge in [-0.25, -0.2) is 4.68 Å². The second kappa shape index (κ2) is 7.80. The van der Waals surface area contributed by atoms with Gasteiger partial charge in [-0.3, -0.25) is 4.99 Å². The normalized spacial score (nSPS) is 12.4. The molecule has 0 aliphatic rings. The van der Waals surface area contributed by atoms with Crippen LogP contribution in [0.3, 0.4) is 0 Å². The van der Waals surface area contributed by atoms with Crippen LogP contribution >= 0.6 is 11.3 Å². The maximum absolute atomic E-state index is 10.0. The highest BCUT2D eigenvalue weighted by molar-refractivity contribution is 7.07. The largest absolute Gasteiger partial charge is 0.504 e. The van der Waals surface area contributed by atoms with E-state index in [0.29, 0.717) is 5.56 Å². The van der Waals surface area contributed by atoms with E-state index in [9.17, 15) is 10.2 Å². The van der Waals surface area contributed by atoms with E-state index in [2.05, 4.69) is 42.1 Å². The predicted octanol–water partition coefficient (Wildman–Crippen LogP) is 4.44. The molecule has 0 fully saturated rings. The minimum absolute atomic E-state index is 0.131. The lowest BCUT2D eigenvalue weighted by Gasteiger charge is -2.07. The molecular formula is C21H23N3O2S. The van der Waals surface area contributed by atoms with E-state index in [4.69, 9.17) is 0 Å². The summed E-state index contributed by atoms with van der Waals surface area (Å²) in [5.41, 5.74) is 4.87. The van der Waals surface area contributed by atoms with E-state index in [0.717, 1.165) is 16.1 Å². The van der Waals surface area contributed by atoms with E-state index < -0.39 is 0 Å². The van der Waals surface area contributed by atoms with Crippen LogP contribution in [0.25, 0.3) is 11.3 Å². The molecule has 0 atom stereocenters. The number of thiazole rings is 1. The van der Waals surface area contributed by atoms with Crippen LogP contribution in [-0.2, 0) is 0 Å². The van der Waals surface area contributed by atoms with Crippen molar-refractivity contribution in [2.75, 3.05) is 0 Å².